The lowest BCUT2D eigenvalue weighted by atomic mass is 10.1. The van der Waals surface area contributed by atoms with E-state index in [9.17, 15) is 0 Å². The third kappa shape index (κ3) is 6.31. The number of hydrogen-bond donors (Lipinski definition) is 1. The van der Waals surface area contributed by atoms with Gasteiger partial charge < -0.3 is 10.1 Å². The summed E-state index contributed by atoms with van der Waals surface area (Å²) in [5.41, 5.74) is 2.49. The maximum atomic E-state index is 6.14. The minimum Gasteiger partial charge on any atom is -0.494 e. The van der Waals surface area contributed by atoms with Gasteiger partial charge in [0.05, 0.1) is 18.7 Å². The summed E-state index contributed by atoms with van der Waals surface area (Å²) in [6, 6.07) is 4.02. The van der Waals surface area contributed by atoms with Gasteiger partial charge in [0.2, 0.25) is 0 Å². The van der Waals surface area contributed by atoms with Crippen molar-refractivity contribution in [3.63, 3.8) is 0 Å². The van der Waals surface area contributed by atoms with Crippen molar-refractivity contribution in [1.29, 1.82) is 0 Å². The quantitative estimate of drug-likeness (QED) is 0.795. The summed E-state index contributed by atoms with van der Waals surface area (Å²) in [5, 5.41) is 3.22. The van der Waals surface area contributed by atoms with Gasteiger partial charge in [0.25, 0.3) is 0 Å². The summed E-state index contributed by atoms with van der Waals surface area (Å²) < 4.78 is 5.78. The van der Waals surface area contributed by atoms with Crippen LogP contribution < -0.4 is 10.1 Å². The van der Waals surface area contributed by atoms with Crippen LogP contribution in [0.5, 0.6) is 5.75 Å². The summed E-state index contributed by atoms with van der Waals surface area (Å²) in [6.45, 7) is 12.7. The number of rotatable bonds is 6. The average molecular weight is 285 g/mol. The smallest absolute Gasteiger partial charge is 0.119 e. The van der Waals surface area contributed by atoms with E-state index in [2.05, 4.69) is 26.1 Å². The minimum atomic E-state index is 0.325. The van der Waals surface area contributed by atoms with E-state index in [4.69, 9.17) is 16.3 Å². The van der Waals surface area contributed by atoms with Gasteiger partial charge in [0.15, 0.2) is 0 Å². The summed E-state index contributed by atoms with van der Waals surface area (Å²) in [5.74, 6) is 0.930. The van der Waals surface area contributed by atoms with Gasteiger partial charge in [-0.25, -0.2) is 0 Å². The van der Waals surface area contributed by atoms with E-state index >= 15 is 0 Å². The number of hydrogen-bond acceptors (Lipinski definition) is 1. The summed E-state index contributed by atoms with van der Waals surface area (Å²) >= 11 is 6.14. The molecule has 0 heterocycles. The summed E-state index contributed by atoms with van der Waals surface area (Å²) in [6.07, 6.45) is 2.27. The standard InChI is InChI=1S/C16H26ClNO/c1-12-10-14(11-13(2)15(12)17)19-9-7-6-8-18-16(3,4)5/h10-11,18H,6-9H2,1-5H3/p+1. The van der Waals surface area contributed by atoms with E-state index < -0.39 is 0 Å². The van der Waals surface area contributed by atoms with Crippen molar-refractivity contribution in [3.05, 3.63) is 28.3 Å². The van der Waals surface area contributed by atoms with Crippen molar-refractivity contribution in [3.8, 4) is 5.75 Å². The lowest BCUT2D eigenvalue weighted by molar-refractivity contribution is -0.717. The van der Waals surface area contributed by atoms with Gasteiger partial charge in [0, 0.05) is 5.02 Å². The molecule has 0 radical (unpaired) electrons. The number of aryl methyl sites for hydroxylation is 2. The third-order valence-corrected chi connectivity index (χ3v) is 3.63. The van der Waals surface area contributed by atoms with Crippen molar-refractivity contribution in [2.24, 2.45) is 0 Å². The number of unbranched alkanes of at least 4 members (excludes halogenated alkanes) is 1. The molecule has 0 unspecified atom stereocenters. The molecular weight excluding hydrogens is 258 g/mol. The molecule has 0 aromatic heterocycles. The van der Waals surface area contributed by atoms with Gasteiger partial charge in [0.1, 0.15) is 5.75 Å². The van der Waals surface area contributed by atoms with Gasteiger partial charge in [-0.2, -0.15) is 0 Å². The fourth-order valence-corrected chi connectivity index (χ4v) is 2.07. The first-order valence-corrected chi connectivity index (χ1v) is 7.41. The highest BCUT2D eigenvalue weighted by atomic mass is 35.5. The first kappa shape index (κ1) is 16.3. The van der Waals surface area contributed by atoms with Crippen LogP contribution in [0.1, 0.15) is 44.7 Å². The molecule has 19 heavy (non-hydrogen) atoms. The van der Waals surface area contributed by atoms with Gasteiger partial charge in [-0.1, -0.05) is 11.6 Å². The Morgan fingerprint density at radius 1 is 1.11 bits per heavy atom. The van der Waals surface area contributed by atoms with Crippen molar-refractivity contribution in [2.75, 3.05) is 13.2 Å². The Labute approximate surface area is 122 Å². The lowest BCUT2D eigenvalue weighted by Crippen LogP contribution is -2.94. The van der Waals surface area contributed by atoms with Crippen LogP contribution in [0.4, 0.5) is 0 Å². The molecule has 0 aliphatic carbocycles. The van der Waals surface area contributed by atoms with E-state index in [1.54, 1.807) is 0 Å². The van der Waals surface area contributed by atoms with Gasteiger partial charge in [-0.3, -0.25) is 0 Å². The maximum absolute atomic E-state index is 6.14. The van der Waals surface area contributed by atoms with Crippen LogP contribution >= 0.6 is 11.6 Å². The monoisotopic (exact) mass is 284 g/mol. The second-order valence-electron chi connectivity index (χ2n) is 6.29. The van der Waals surface area contributed by atoms with E-state index in [-0.39, 0.29) is 0 Å². The van der Waals surface area contributed by atoms with E-state index in [1.807, 2.05) is 26.0 Å². The molecule has 0 atom stereocenters. The third-order valence-electron chi connectivity index (χ3n) is 3.03. The van der Waals surface area contributed by atoms with E-state index in [0.717, 1.165) is 41.5 Å². The van der Waals surface area contributed by atoms with Crippen molar-refractivity contribution in [2.45, 2.75) is 53.0 Å². The molecule has 0 bridgehead atoms. The fourth-order valence-electron chi connectivity index (χ4n) is 1.96. The number of ether oxygens (including phenoxy) is 1. The van der Waals surface area contributed by atoms with Crippen LogP contribution in [-0.2, 0) is 0 Å². The Morgan fingerprint density at radius 2 is 1.68 bits per heavy atom. The Hall–Kier alpha value is -0.730. The number of quaternary nitrogens is 1. The average Bonchev–Trinajstić information content (AvgIpc) is 2.29. The molecule has 1 aromatic carbocycles. The molecule has 108 valence electrons. The zero-order valence-electron chi connectivity index (χ0n) is 12.8. The number of halogens is 1. The Morgan fingerprint density at radius 3 is 2.21 bits per heavy atom. The Kier molecular flexibility index (Phi) is 6.15. The first-order valence-electron chi connectivity index (χ1n) is 7.03. The highest BCUT2D eigenvalue weighted by Gasteiger charge is 2.11. The van der Waals surface area contributed by atoms with Crippen LogP contribution in [0.3, 0.4) is 0 Å². The van der Waals surface area contributed by atoms with Crippen molar-refractivity contribution in [1.82, 2.24) is 0 Å². The van der Waals surface area contributed by atoms with Gasteiger partial charge >= 0.3 is 0 Å². The highest BCUT2D eigenvalue weighted by molar-refractivity contribution is 6.32. The summed E-state index contributed by atoms with van der Waals surface area (Å²) in [4.78, 5) is 0. The second-order valence-corrected chi connectivity index (χ2v) is 6.66. The van der Waals surface area contributed by atoms with Crippen LogP contribution in [-0.4, -0.2) is 18.7 Å². The molecule has 2 nitrogen and oxygen atoms in total. The molecule has 2 N–H and O–H groups in total. The molecule has 1 aromatic rings. The molecule has 0 saturated carbocycles. The van der Waals surface area contributed by atoms with Gasteiger partial charge in [-0.05, 0) is 70.7 Å². The zero-order valence-corrected chi connectivity index (χ0v) is 13.6. The topological polar surface area (TPSA) is 25.8 Å². The molecule has 0 amide bonds. The maximum Gasteiger partial charge on any atom is 0.119 e. The van der Waals surface area contributed by atoms with Crippen molar-refractivity contribution >= 4 is 11.6 Å². The predicted octanol–water partition coefficient (Wildman–Crippen LogP) is 3.48. The normalized spacial score (nSPS) is 11.7. The first-order chi connectivity index (χ1) is 8.79. The molecule has 0 aliphatic heterocycles. The molecule has 3 heteroatoms. The van der Waals surface area contributed by atoms with Crippen LogP contribution in [0.15, 0.2) is 12.1 Å². The molecular formula is C16H27ClNO+. The fraction of sp³-hybridized carbons (Fsp3) is 0.625. The molecule has 0 saturated heterocycles. The van der Waals surface area contributed by atoms with Crippen LogP contribution in [0.2, 0.25) is 5.02 Å². The number of nitrogens with two attached hydrogens (primary N) is 1. The van der Waals surface area contributed by atoms with Crippen LogP contribution in [0, 0.1) is 13.8 Å². The SMILES string of the molecule is Cc1cc(OCCCC[NH2+]C(C)(C)C)cc(C)c1Cl. The minimum absolute atomic E-state index is 0.325. The lowest BCUT2D eigenvalue weighted by Gasteiger charge is -2.16. The summed E-state index contributed by atoms with van der Waals surface area (Å²) in [7, 11) is 0. The second kappa shape index (κ2) is 7.16. The molecule has 0 aliphatic rings. The van der Waals surface area contributed by atoms with Crippen LogP contribution in [0.25, 0.3) is 0 Å². The van der Waals surface area contributed by atoms with E-state index in [0.29, 0.717) is 5.54 Å². The predicted molar refractivity (Wildman–Crippen MR) is 82.2 cm³/mol. The Bertz CT molecular complexity index is 387. The Balaban J connectivity index is 2.27. The van der Waals surface area contributed by atoms with Gasteiger partial charge in [-0.15, -0.1) is 0 Å². The molecule has 0 spiro atoms. The van der Waals surface area contributed by atoms with Crippen molar-refractivity contribution < 1.29 is 10.1 Å². The zero-order chi connectivity index (χ0) is 14.5. The molecule has 0 fully saturated rings. The number of benzene rings is 1. The van der Waals surface area contributed by atoms with E-state index in [1.165, 1.54) is 6.42 Å². The molecule has 1 rings (SSSR count). The largest absolute Gasteiger partial charge is 0.494 e. The highest BCUT2D eigenvalue weighted by Crippen LogP contribution is 2.25.